The van der Waals surface area contributed by atoms with Gasteiger partial charge in [0.25, 0.3) is 0 Å². The Hall–Kier alpha value is -1.72. The second-order valence-electron chi connectivity index (χ2n) is 4.48. The highest BCUT2D eigenvalue weighted by atomic mass is 79.9. The van der Waals surface area contributed by atoms with Gasteiger partial charge in [0.2, 0.25) is 0 Å². The average Bonchev–Trinajstić information content (AvgIpc) is 2.82. The standard InChI is InChI=1S/C14H13BrN4/c1-9(16)11-7-6-10(8-12(11)15)19-14-5-3-2-4-13(14)17-18-19/h2-9H,16H2,1H3/t9-/m1/s1. The van der Waals surface area contributed by atoms with Crippen LogP contribution in [0.4, 0.5) is 0 Å². The first-order valence-electron chi connectivity index (χ1n) is 6.02. The minimum absolute atomic E-state index is 0.00378. The topological polar surface area (TPSA) is 56.7 Å². The van der Waals surface area contributed by atoms with Crippen molar-refractivity contribution in [2.24, 2.45) is 5.73 Å². The van der Waals surface area contributed by atoms with E-state index in [1.165, 1.54) is 0 Å². The third-order valence-electron chi connectivity index (χ3n) is 3.07. The molecule has 0 saturated carbocycles. The fraction of sp³-hybridized carbons (Fsp3) is 0.143. The predicted octanol–water partition coefficient (Wildman–Crippen LogP) is 3.20. The third-order valence-corrected chi connectivity index (χ3v) is 3.76. The maximum atomic E-state index is 5.91. The summed E-state index contributed by atoms with van der Waals surface area (Å²) in [5, 5.41) is 8.35. The number of nitrogens with zero attached hydrogens (tertiary/aromatic N) is 3. The molecule has 96 valence electrons. The Labute approximate surface area is 119 Å². The molecule has 1 aromatic heterocycles. The maximum Gasteiger partial charge on any atom is 0.113 e. The summed E-state index contributed by atoms with van der Waals surface area (Å²) >= 11 is 3.56. The highest BCUT2D eigenvalue weighted by Crippen LogP contribution is 2.26. The first kappa shape index (κ1) is 12.3. The van der Waals surface area contributed by atoms with Gasteiger partial charge in [-0.3, -0.25) is 0 Å². The predicted molar refractivity (Wildman–Crippen MR) is 79.2 cm³/mol. The van der Waals surface area contributed by atoms with E-state index >= 15 is 0 Å². The first-order chi connectivity index (χ1) is 9.16. The summed E-state index contributed by atoms with van der Waals surface area (Å²) in [5.74, 6) is 0. The van der Waals surface area contributed by atoms with E-state index in [-0.39, 0.29) is 6.04 Å². The van der Waals surface area contributed by atoms with E-state index in [0.717, 1.165) is 26.8 Å². The Balaban J connectivity index is 2.14. The van der Waals surface area contributed by atoms with Gasteiger partial charge in [0, 0.05) is 10.5 Å². The minimum atomic E-state index is -0.00378. The number of hydrogen-bond acceptors (Lipinski definition) is 3. The van der Waals surface area contributed by atoms with Crippen LogP contribution in [0, 0.1) is 0 Å². The average molecular weight is 317 g/mol. The van der Waals surface area contributed by atoms with Gasteiger partial charge in [-0.25, -0.2) is 4.68 Å². The molecule has 0 fully saturated rings. The molecule has 0 radical (unpaired) electrons. The van der Waals surface area contributed by atoms with Gasteiger partial charge in [-0.2, -0.15) is 0 Å². The fourth-order valence-electron chi connectivity index (χ4n) is 2.08. The van der Waals surface area contributed by atoms with Crippen LogP contribution in [0.5, 0.6) is 0 Å². The van der Waals surface area contributed by atoms with Crippen molar-refractivity contribution < 1.29 is 0 Å². The molecule has 0 amide bonds. The molecule has 0 aliphatic heterocycles. The minimum Gasteiger partial charge on any atom is -0.324 e. The summed E-state index contributed by atoms with van der Waals surface area (Å²) in [5.41, 5.74) is 9.82. The zero-order valence-electron chi connectivity index (χ0n) is 10.4. The molecular weight excluding hydrogens is 304 g/mol. The molecule has 0 saturated heterocycles. The number of benzene rings is 2. The number of rotatable bonds is 2. The molecule has 0 bridgehead atoms. The third kappa shape index (κ3) is 2.15. The number of nitrogens with two attached hydrogens (primary N) is 1. The summed E-state index contributed by atoms with van der Waals surface area (Å²) < 4.78 is 2.81. The highest BCUT2D eigenvalue weighted by molar-refractivity contribution is 9.10. The summed E-state index contributed by atoms with van der Waals surface area (Å²) in [4.78, 5) is 0. The lowest BCUT2D eigenvalue weighted by Gasteiger charge is -2.10. The van der Waals surface area contributed by atoms with Crippen LogP contribution in [-0.2, 0) is 0 Å². The van der Waals surface area contributed by atoms with Crippen molar-refractivity contribution in [1.29, 1.82) is 0 Å². The summed E-state index contributed by atoms with van der Waals surface area (Å²) in [6.07, 6.45) is 0. The van der Waals surface area contributed by atoms with Crippen LogP contribution in [0.1, 0.15) is 18.5 Å². The molecular formula is C14H13BrN4. The molecule has 2 N–H and O–H groups in total. The molecule has 0 aliphatic rings. The van der Waals surface area contributed by atoms with E-state index in [2.05, 4.69) is 26.2 Å². The SMILES string of the molecule is C[C@@H](N)c1ccc(-n2nnc3ccccc32)cc1Br. The van der Waals surface area contributed by atoms with E-state index in [4.69, 9.17) is 5.73 Å². The lowest BCUT2D eigenvalue weighted by atomic mass is 10.1. The van der Waals surface area contributed by atoms with Crippen LogP contribution in [0.25, 0.3) is 16.7 Å². The van der Waals surface area contributed by atoms with Crippen LogP contribution in [0.2, 0.25) is 0 Å². The Kier molecular flexibility index (Phi) is 3.08. The van der Waals surface area contributed by atoms with Crippen LogP contribution in [0.15, 0.2) is 46.9 Å². The summed E-state index contributed by atoms with van der Waals surface area (Å²) in [6, 6.07) is 13.9. The molecule has 2 aromatic carbocycles. The lowest BCUT2D eigenvalue weighted by molar-refractivity contribution is 0.802. The van der Waals surface area contributed by atoms with Crippen molar-refractivity contribution in [1.82, 2.24) is 15.0 Å². The number of halogens is 1. The van der Waals surface area contributed by atoms with Gasteiger partial charge < -0.3 is 5.73 Å². The van der Waals surface area contributed by atoms with E-state index in [1.54, 1.807) is 0 Å². The van der Waals surface area contributed by atoms with Gasteiger partial charge in [-0.15, -0.1) is 5.10 Å². The van der Waals surface area contributed by atoms with Crippen molar-refractivity contribution in [2.75, 3.05) is 0 Å². The Bertz CT molecular complexity index is 733. The number of aromatic nitrogens is 3. The lowest BCUT2D eigenvalue weighted by Crippen LogP contribution is -2.06. The molecule has 3 rings (SSSR count). The largest absolute Gasteiger partial charge is 0.324 e. The number of para-hydroxylation sites is 1. The molecule has 5 heteroatoms. The van der Waals surface area contributed by atoms with Gasteiger partial charge >= 0.3 is 0 Å². The summed E-state index contributed by atoms with van der Waals surface area (Å²) in [6.45, 7) is 1.96. The summed E-state index contributed by atoms with van der Waals surface area (Å²) in [7, 11) is 0. The van der Waals surface area contributed by atoms with Crippen LogP contribution < -0.4 is 5.73 Å². The van der Waals surface area contributed by atoms with Crippen molar-refractivity contribution >= 4 is 27.0 Å². The van der Waals surface area contributed by atoms with E-state index in [0.29, 0.717) is 0 Å². The normalized spacial score (nSPS) is 12.8. The Morgan fingerprint density at radius 2 is 2.00 bits per heavy atom. The van der Waals surface area contributed by atoms with Crippen LogP contribution in [0.3, 0.4) is 0 Å². The van der Waals surface area contributed by atoms with Crippen molar-refractivity contribution in [3.8, 4) is 5.69 Å². The molecule has 0 spiro atoms. The number of fused-ring (bicyclic) bond motifs is 1. The zero-order valence-corrected chi connectivity index (χ0v) is 12.0. The Morgan fingerprint density at radius 1 is 1.21 bits per heavy atom. The van der Waals surface area contributed by atoms with Gasteiger partial charge in [0.05, 0.1) is 11.2 Å². The van der Waals surface area contributed by atoms with E-state index < -0.39 is 0 Å². The molecule has 1 heterocycles. The molecule has 3 aromatic rings. The molecule has 1 atom stereocenters. The number of hydrogen-bond donors (Lipinski definition) is 1. The molecule has 0 aliphatic carbocycles. The van der Waals surface area contributed by atoms with Gasteiger partial charge in [-0.05, 0) is 36.8 Å². The van der Waals surface area contributed by atoms with Crippen molar-refractivity contribution in [2.45, 2.75) is 13.0 Å². The van der Waals surface area contributed by atoms with Crippen LogP contribution >= 0.6 is 15.9 Å². The Morgan fingerprint density at radius 3 is 2.74 bits per heavy atom. The molecule has 0 unspecified atom stereocenters. The molecule has 4 nitrogen and oxygen atoms in total. The van der Waals surface area contributed by atoms with E-state index in [1.807, 2.05) is 54.1 Å². The second kappa shape index (κ2) is 4.75. The quantitative estimate of drug-likeness (QED) is 0.789. The second-order valence-corrected chi connectivity index (χ2v) is 5.34. The monoisotopic (exact) mass is 316 g/mol. The fourth-order valence-corrected chi connectivity index (χ4v) is 2.80. The van der Waals surface area contributed by atoms with Crippen molar-refractivity contribution in [3.63, 3.8) is 0 Å². The van der Waals surface area contributed by atoms with E-state index in [9.17, 15) is 0 Å². The van der Waals surface area contributed by atoms with Gasteiger partial charge in [0.15, 0.2) is 0 Å². The molecule has 19 heavy (non-hydrogen) atoms. The van der Waals surface area contributed by atoms with Crippen molar-refractivity contribution in [3.05, 3.63) is 52.5 Å². The van der Waals surface area contributed by atoms with Gasteiger partial charge in [0.1, 0.15) is 5.52 Å². The zero-order chi connectivity index (χ0) is 13.4. The highest BCUT2D eigenvalue weighted by Gasteiger charge is 2.09. The van der Waals surface area contributed by atoms with Crippen LogP contribution in [-0.4, -0.2) is 15.0 Å². The smallest absolute Gasteiger partial charge is 0.113 e. The van der Waals surface area contributed by atoms with Gasteiger partial charge in [-0.1, -0.05) is 39.3 Å². The first-order valence-corrected chi connectivity index (χ1v) is 6.82. The maximum absolute atomic E-state index is 5.91.